The average molecular weight is 233 g/mol. The summed E-state index contributed by atoms with van der Waals surface area (Å²) in [6.07, 6.45) is 3.32. The van der Waals surface area contributed by atoms with Crippen LogP contribution in [0, 0.1) is 0 Å². The fourth-order valence-corrected chi connectivity index (χ4v) is 2.01. The van der Waals surface area contributed by atoms with Crippen molar-refractivity contribution in [1.29, 1.82) is 0 Å². The molecule has 1 amide bonds. The lowest BCUT2D eigenvalue weighted by molar-refractivity contribution is -0.158. The zero-order valence-electron chi connectivity index (χ0n) is 9.16. The van der Waals surface area contributed by atoms with Gasteiger partial charge in [0, 0.05) is 19.4 Å². The molecule has 0 unspecified atom stereocenters. The van der Waals surface area contributed by atoms with Crippen LogP contribution in [0.3, 0.4) is 0 Å². The Morgan fingerprint density at radius 2 is 2.47 bits per heavy atom. The monoisotopic (exact) mass is 233 g/mol. The van der Waals surface area contributed by atoms with Crippen LogP contribution in [0.15, 0.2) is 0 Å². The van der Waals surface area contributed by atoms with Crippen LogP contribution in [-0.2, 0) is 14.3 Å². The van der Waals surface area contributed by atoms with E-state index in [1.807, 2.05) is 0 Å². The molecule has 0 spiro atoms. The molecule has 88 valence electrons. The largest absolute Gasteiger partial charge is 0.358 e. The van der Waals surface area contributed by atoms with Crippen LogP contribution in [0.1, 0.15) is 19.3 Å². The molecule has 5 heteroatoms. The third-order valence-corrected chi connectivity index (χ3v) is 3.10. The highest BCUT2D eigenvalue weighted by Gasteiger charge is 2.13. The first-order valence-electron chi connectivity index (χ1n) is 5.34. The van der Waals surface area contributed by atoms with E-state index in [4.69, 9.17) is 9.47 Å². The maximum Gasteiger partial charge on any atom is 0.229 e. The molecule has 4 nitrogen and oxygen atoms in total. The number of nitrogens with one attached hydrogen (secondary N) is 1. The van der Waals surface area contributed by atoms with Gasteiger partial charge in [0.25, 0.3) is 0 Å². The minimum Gasteiger partial charge on any atom is -0.358 e. The summed E-state index contributed by atoms with van der Waals surface area (Å²) in [6.45, 7) is 1.47. The molecule has 15 heavy (non-hydrogen) atoms. The molecule has 1 heterocycles. The normalized spacial score (nSPS) is 21.3. The van der Waals surface area contributed by atoms with E-state index in [9.17, 15) is 4.79 Å². The minimum atomic E-state index is -0.0145. The summed E-state index contributed by atoms with van der Waals surface area (Å²) >= 11 is 1.58. The highest BCUT2D eigenvalue weighted by atomic mass is 32.2. The lowest BCUT2D eigenvalue weighted by Gasteiger charge is -2.22. The van der Waals surface area contributed by atoms with Gasteiger partial charge in [-0.2, -0.15) is 0 Å². The second-order valence-corrected chi connectivity index (χ2v) is 4.50. The number of carbonyl (C=O) groups is 1. The number of amides is 1. The Morgan fingerprint density at radius 1 is 1.60 bits per heavy atom. The van der Waals surface area contributed by atoms with Crippen LogP contribution < -0.4 is 5.32 Å². The topological polar surface area (TPSA) is 47.6 Å². The van der Waals surface area contributed by atoms with Crippen LogP contribution >= 0.6 is 11.8 Å². The third kappa shape index (κ3) is 6.02. The van der Waals surface area contributed by atoms with Gasteiger partial charge in [-0.25, -0.2) is 0 Å². The Kier molecular flexibility index (Phi) is 6.80. The summed E-state index contributed by atoms with van der Waals surface area (Å²) in [6, 6.07) is 0. The Hall–Kier alpha value is -0.260. The molecule has 0 aromatic heterocycles. The fourth-order valence-electron chi connectivity index (χ4n) is 1.32. The van der Waals surface area contributed by atoms with Crippen LogP contribution in [-0.4, -0.2) is 44.0 Å². The van der Waals surface area contributed by atoms with Gasteiger partial charge in [0.2, 0.25) is 5.91 Å². The van der Waals surface area contributed by atoms with E-state index in [2.05, 4.69) is 5.32 Å². The number of ether oxygens (including phenoxy) is 2. The van der Waals surface area contributed by atoms with Crippen molar-refractivity contribution in [3.63, 3.8) is 0 Å². The first-order valence-corrected chi connectivity index (χ1v) is 6.50. The first kappa shape index (κ1) is 12.8. The summed E-state index contributed by atoms with van der Waals surface area (Å²) in [5.41, 5.74) is 0. The van der Waals surface area contributed by atoms with Crippen molar-refractivity contribution in [2.24, 2.45) is 0 Å². The van der Waals surface area contributed by atoms with Crippen molar-refractivity contribution in [2.45, 2.75) is 25.6 Å². The molecule has 0 aromatic rings. The maximum absolute atomic E-state index is 10.9. The van der Waals surface area contributed by atoms with Gasteiger partial charge in [-0.05, 0) is 19.3 Å². The highest BCUT2D eigenvalue weighted by Crippen LogP contribution is 2.13. The van der Waals surface area contributed by atoms with Gasteiger partial charge in [0.05, 0.1) is 12.4 Å². The van der Waals surface area contributed by atoms with Crippen molar-refractivity contribution in [3.8, 4) is 0 Å². The van der Waals surface area contributed by atoms with E-state index in [1.54, 1.807) is 18.8 Å². The molecule has 1 saturated heterocycles. The maximum atomic E-state index is 10.9. The van der Waals surface area contributed by atoms with Crippen LogP contribution in [0.25, 0.3) is 0 Å². The highest BCUT2D eigenvalue weighted by molar-refractivity contribution is 7.99. The van der Waals surface area contributed by atoms with Crippen LogP contribution in [0.5, 0.6) is 0 Å². The molecule has 1 aliphatic heterocycles. The number of hydrogen-bond acceptors (Lipinski definition) is 4. The Bertz CT molecular complexity index is 184. The zero-order chi connectivity index (χ0) is 10.9. The van der Waals surface area contributed by atoms with E-state index in [-0.39, 0.29) is 12.2 Å². The molecular formula is C10H19NO3S. The smallest absolute Gasteiger partial charge is 0.229 e. The van der Waals surface area contributed by atoms with E-state index in [0.717, 1.165) is 25.2 Å². The molecule has 1 fully saturated rings. The number of carbonyl (C=O) groups excluding carboxylic acids is 1. The van der Waals surface area contributed by atoms with E-state index < -0.39 is 0 Å². The minimum absolute atomic E-state index is 0.0145. The van der Waals surface area contributed by atoms with Gasteiger partial charge in [-0.1, -0.05) is 0 Å². The molecule has 0 aliphatic carbocycles. The van der Waals surface area contributed by atoms with Crippen LogP contribution in [0.2, 0.25) is 0 Å². The van der Waals surface area contributed by atoms with Crippen molar-refractivity contribution in [2.75, 3.05) is 31.8 Å². The molecule has 1 atom stereocenters. The van der Waals surface area contributed by atoms with Gasteiger partial charge < -0.3 is 14.8 Å². The summed E-state index contributed by atoms with van der Waals surface area (Å²) < 4.78 is 10.9. The lowest BCUT2D eigenvalue weighted by atomic mass is 10.2. The summed E-state index contributed by atoms with van der Waals surface area (Å²) in [4.78, 5) is 10.9. The molecule has 1 rings (SSSR count). The van der Waals surface area contributed by atoms with Crippen molar-refractivity contribution in [1.82, 2.24) is 5.32 Å². The summed E-state index contributed by atoms with van der Waals surface area (Å²) in [5, 5.41) is 2.58. The second-order valence-electron chi connectivity index (χ2n) is 3.39. The molecule has 0 aromatic carbocycles. The molecule has 1 N–H and O–H groups in total. The van der Waals surface area contributed by atoms with Gasteiger partial charge in [0.1, 0.15) is 0 Å². The van der Waals surface area contributed by atoms with E-state index in [1.165, 1.54) is 6.42 Å². The lowest BCUT2D eigenvalue weighted by Crippen LogP contribution is -2.24. The van der Waals surface area contributed by atoms with Crippen molar-refractivity contribution < 1.29 is 14.3 Å². The molecule has 0 radical (unpaired) electrons. The predicted octanol–water partition coefficient (Wildman–Crippen LogP) is 1.01. The van der Waals surface area contributed by atoms with Crippen LogP contribution in [0.4, 0.5) is 0 Å². The summed E-state index contributed by atoms with van der Waals surface area (Å²) in [7, 11) is 1.65. The first-order chi connectivity index (χ1) is 7.33. The number of rotatable bonds is 6. The van der Waals surface area contributed by atoms with Crippen molar-refractivity contribution in [3.05, 3.63) is 0 Å². The molecule has 1 aliphatic rings. The van der Waals surface area contributed by atoms with Gasteiger partial charge in [-0.3, -0.25) is 4.79 Å². The van der Waals surface area contributed by atoms with Gasteiger partial charge in [-0.15, -0.1) is 11.8 Å². The Balaban J connectivity index is 1.89. The average Bonchev–Trinajstić information content (AvgIpc) is 2.29. The zero-order valence-corrected chi connectivity index (χ0v) is 9.98. The number of hydrogen-bond donors (Lipinski definition) is 1. The molecule has 0 saturated carbocycles. The third-order valence-electron chi connectivity index (χ3n) is 2.18. The van der Waals surface area contributed by atoms with Gasteiger partial charge in [0.15, 0.2) is 6.29 Å². The van der Waals surface area contributed by atoms with E-state index >= 15 is 0 Å². The SMILES string of the molecule is CNC(=O)CSCCO[C@@H]1CCCCO1. The van der Waals surface area contributed by atoms with E-state index in [0.29, 0.717) is 12.4 Å². The molecule has 0 bridgehead atoms. The van der Waals surface area contributed by atoms with Gasteiger partial charge >= 0.3 is 0 Å². The molecular weight excluding hydrogens is 214 g/mol. The number of thioether (sulfide) groups is 1. The second kappa shape index (κ2) is 7.96. The Labute approximate surface area is 95.1 Å². The summed E-state index contributed by atoms with van der Waals surface area (Å²) in [5.74, 6) is 1.41. The van der Waals surface area contributed by atoms with Crippen molar-refractivity contribution >= 4 is 17.7 Å². The standard InChI is InChI=1S/C10H19NO3S/c1-11-9(12)8-15-7-6-14-10-4-2-3-5-13-10/h10H,2-8H2,1H3,(H,11,12)/t10-/m1/s1. The predicted molar refractivity (Wildman–Crippen MR) is 60.9 cm³/mol. The quantitative estimate of drug-likeness (QED) is 0.696. The Morgan fingerprint density at radius 3 is 3.13 bits per heavy atom. The fraction of sp³-hybridized carbons (Fsp3) is 0.900.